The van der Waals surface area contributed by atoms with Gasteiger partial charge in [-0.1, -0.05) is 55.5 Å². The Bertz CT molecular complexity index is 942. The zero-order valence-corrected chi connectivity index (χ0v) is 17.5. The van der Waals surface area contributed by atoms with E-state index in [4.69, 9.17) is 9.97 Å². The van der Waals surface area contributed by atoms with Crippen LogP contribution in [0.15, 0.2) is 54.6 Å². The SMILES string of the molecule is CCN1CCN(c2cc(-c3ccccc3)nc(Nc3c(C)cccc3C)n2)CC1. The van der Waals surface area contributed by atoms with E-state index >= 15 is 0 Å². The Kier molecular flexibility index (Phi) is 5.76. The van der Waals surface area contributed by atoms with Gasteiger partial charge in [0.25, 0.3) is 0 Å². The Hall–Kier alpha value is -2.92. The number of anilines is 3. The summed E-state index contributed by atoms with van der Waals surface area (Å²) in [5.74, 6) is 1.64. The van der Waals surface area contributed by atoms with Crippen LogP contribution in [-0.2, 0) is 0 Å². The molecule has 0 amide bonds. The number of nitrogens with zero attached hydrogens (tertiary/aromatic N) is 4. The lowest BCUT2D eigenvalue weighted by molar-refractivity contribution is 0.270. The second kappa shape index (κ2) is 8.62. The molecule has 1 aliphatic rings. The summed E-state index contributed by atoms with van der Waals surface area (Å²) in [6.07, 6.45) is 0. The molecule has 1 saturated heterocycles. The largest absolute Gasteiger partial charge is 0.354 e. The van der Waals surface area contributed by atoms with Crippen LogP contribution in [-0.4, -0.2) is 47.6 Å². The summed E-state index contributed by atoms with van der Waals surface area (Å²) in [5, 5.41) is 3.49. The first-order valence-corrected chi connectivity index (χ1v) is 10.4. The molecule has 3 aromatic rings. The second-order valence-electron chi connectivity index (χ2n) is 7.61. The van der Waals surface area contributed by atoms with Crippen molar-refractivity contribution < 1.29 is 0 Å². The molecule has 1 aliphatic heterocycles. The summed E-state index contributed by atoms with van der Waals surface area (Å²) in [4.78, 5) is 14.6. The van der Waals surface area contributed by atoms with Crippen molar-refractivity contribution in [1.82, 2.24) is 14.9 Å². The van der Waals surface area contributed by atoms with Gasteiger partial charge >= 0.3 is 0 Å². The average Bonchev–Trinajstić information content (AvgIpc) is 2.77. The zero-order valence-electron chi connectivity index (χ0n) is 17.5. The predicted molar refractivity (Wildman–Crippen MR) is 121 cm³/mol. The monoisotopic (exact) mass is 387 g/mol. The Morgan fingerprint density at radius 3 is 2.21 bits per heavy atom. The maximum atomic E-state index is 4.90. The summed E-state index contributed by atoms with van der Waals surface area (Å²) in [5.41, 5.74) is 5.52. The quantitative estimate of drug-likeness (QED) is 0.691. The van der Waals surface area contributed by atoms with Crippen LogP contribution in [0.2, 0.25) is 0 Å². The number of rotatable bonds is 5. The van der Waals surface area contributed by atoms with Crippen molar-refractivity contribution in [2.24, 2.45) is 0 Å². The Morgan fingerprint density at radius 2 is 1.55 bits per heavy atom. The van der Waals surface area contributed by atoms with Gasteiger partial charge in [0, 0.05) is 43.5 Å². The summed E-state index contributed by atoms with van der Waals surface area (Å²) >= 11 is 0. The van der Waals surface area contributed by atoms with Crippen LogP contribution in [0.5, 0.6) is 0 Å². The number of aryl methyl sites for hydroxylation is 2. The normalized spacial score (nSPS) is 14.8. The molecule has 0 aliphatic carbocycles. The van der Waals surface area contributed by atoms with Crippen molar-refractivity contribution in [3.63, 3.8) is 0 Å². The Balaban J connectivity index is 1.71. The molecule has 5 nitrogen and oxygen atoms in total. The summed E-state index contributed by atoms with van der Waals surface area (Å²) in [7, 11) is 0. The highest BCUT2D eigenvalue weighted by Gasteiger charge is 2.19. The summed E-state index contributed by atoms with van der Waals surface area (Å²) in [6.45, 7) is 11.7. The third-order valence-corrected chi connectivity index (χ3v) is 5.64. The highest BCUT2D eigenvalue weighted by atomic mass is 15.3. The molecular weight excluding hydrogens is 358 g/mol. The lowest BCUT2D eigenvalue weighted by Gasteiger charge is -2.35. The lowest BCUT2D eigenvalue weighted by Crippen LogP contribution is -2.46. The number of piperazine rings is 1. The van der Waals surface area contributed by atoms with Gasteiger partial charge < -0.3 is 15.1 Å². The number of para-hydroxylation sites is 1. The van der Waals surface area contributed by atoms with E-state index in [1.54, 1.807) is 0 Å². The average molecular weight is 388 g/mol. The number of likely N-dealkylation sites (N-methyl/N-ethyl adjacent to an activating group) is 1. The Labute approximate surface area is 173 Å². The van der Waals surface area contributed by atoms with E-state index in [1.807, 2.05) is 6.07 Å². The molecular formula is C24H29N5. The molecule has 2 heterocycles. The number of benzene rings is 2. The number of hydrogen-bond acceptors (Lipinski definition) is 5. The van der Waals surface area contributed by atoms with Gasteiger partial charge in [-0.3, -0.25) is 0 Å². The molecule has 0 unspecified atom stereocenters. The molecule has 2 aromatic carbocycles. The minimum Gasteiger partial charge on any atom is -0.354 e. The van der Waals surface area contributed by atoms with E-state index in [9.17, 15) is 0 Å². The van der Waals surface area contributed by atoms with Crippen molar-refractivity contribution in [2.75, 3.05) is 42.9 Å². The molecule has 0 bridgehead atoms. The molecule has 150 valence electrons. The molecule has 0 saturated carbocycles. The first kappa shape index (κ1) is 19.4. The molecule has 0 atom stereocenters. The van der Waals surface area contributed by atoms with Gasteiger partial charge in [0.15, 0.2) is 0 Å². The van der Waals surface area contributed by atoms with Gasteiger partial charge in [0.1, 0.15) is 5.82 Å². The van der Waals surface area contributed by atoms with Gasteiger partial charge in [0.05, 0.1) is 5.69 Å². The maximum Gasteiger partial charge on any atom is 0.229 e. The smallest absolute Gasteiger partial charge is 0.229 e. The van der Waals surface area contributed by atoms with Gasteiger partial charge in [-0.2, -0.15) is 4.98 Å². The van der Waals surface area contributed by atoms with Crippen LogP contribution < -0.4 is 10.2 Å². The highest BCUT2D eigenvalue weighted by molar-refractivity contribution is 5.68. The molecule has 1 aromatic heterocycles. The molecule has 5 heteroatoms. The van der Waals surface area contributed by atoms with Crippen molar-refractivity contribution in [3.8, 4) is 11.3 Å². The van der Waals surface area contributed by atoms with Crippen LogP contribution >= 0.6 is 0 Å². The van der Waals surface area contributed by atoms with Crippen LogP contribution in [0.25, 0.3) is 11.3 Å². The van der Waals surface area contributed by atoms with E-state index in [0.29, 0.717) is 5.95 Å². The van der Waals surface area contributed by atoms with Gasteiger partial charge in [-0.15, -0.1) is 0 Å². The van der Waals surface area contributed by atoms with E-state index in [1.165, 1.54) is 11.1 Å². The minimum atomic E-state index is 0.650. The van der Waals surface area contributed by atoms with E-state index in [0.717, 1.165) is 55.5 Å². The first-order valence-electron chi connectivity index (χ1n) is 10.4. The Morgan fingerprint density at radius 1 is 0.862 bits per heavy atom. The number of aromatic nitrogens is 2. The van der Waals surface area contributed by atoms with Crippen molar-refractivity contribution in [3.05, 3.63) is 65.7 Å². The molecule has 1 N–H and O–H groups in total. The fourth-order valence-electron chi connectivity index (χ4n) is 3.83. The maximum absolute atomic E-state index is 4.90. The van der Waals surface area contributed by atoms with Crippen LogP contribution in [0.1, 0.15) is 18.1 Å². The highest BCUT2D eigenvalue weighted by Crippen LogP contribution is 2.28. The fraction of sp³-hybridized carbons (Fsp3) is 0.333. The van der Waals surface area contributed by atoms with E-state index in [-0.39, 0.29) is 0 Å². The standard InChI is InChI=1S/C24H29N5/c1-4-28-13-15-29(16-14-28)22-17-21(20-11-6-5-7-12-20)25-24(26-22)27-23-18(2)9-8-10-19(23)3/h5-12,17H,4,13-16H2,1-3H3,(H,25,26,27). The predicted octanol–water partition coefficient (Wildman–Crippen LogP) is 4.65. The number of hydrogen-bond donors (Lipinski definition) is 1. The first-order chi connectivity index (χ1) is 14.1. The topological polar surface area (TPSA) is 44.3 Å². The molecule has 0 spiro atoms. The van der Waals surface area contributed by atoms with Gasteiger partial charge in [-0.05, 0) is 31.5 Å². The molecule has 0 radical (unpaired) electrons. The van der Waals surface area contributed by atoms with E-state index < -0.39 is 0 Å². The molecule has 29 heavy (non-hydrogen) atoms. The molecule has 1 fully saturated rings. The third-order valence-electron chi connectivity index (χ3n) is 5.64. The summed E-state index contributed by atoms with van der Waals surface area (Å²) < 4.78 is 0. The zero-order chi connectivity index (χ0) is 20.2. The van der Waals surface area contributed by atoms with Crippen molar-refractivity contribution >= 4 is 17.5 Å². The lowest BCUT2D eigenvalue weighted by atomic mass is 10.1. The van der Waals surface area contributed by atoms with Crippen molar-refractivity contribution in [1.29, 1.82) is 0 Å². The fourth-order valence-corrected chi connectivity index (χ4v) is 3.83. The van der Waals surface area contributed by atoms with Gasteiger partial charge in [-0.25, -0.2) is 4.98 Å². The minimum absolute atomic E-state index is 0.650. The van der Waals surface area contributed by atoms with Crippen LogP contribution in [0.4, 0.5) is 17.5 Å². The second-order valence-corrected chi connectivity index (χ2v) is 7.61. The van der Waals surface area contributed by atoms with Crippen LogP contribution in [0.3, 0.4) is 0 Å². The van der Waals surface area contributed by atoms with Gasteiger partial charge in [0.2, 0.25) is 5.95 Å². The third kappa shape index (κ3) is 4.40. The number of nitrogens with one attached hydrogen (secondary N) is 1. The summed E-state index contributed by atoms with van der Waals surface area (Å²) in [6, 6.07) is 18.8. The van der Waals surface area contributed by atoms with Crippen LogP contribution in [0, 0.1) is 13.8 Å². The van der Waals surface area contributed by atoms with E-state index in [2.05, 4.69) is 84.4 Å². The van der Waals surface area contributed by atoms with Crippen molar-refractivity contribution in [2.45, 2.75) is 20.8 Å². The molecule has 4 rings (SSSR count).